The van der Waals surface area contributed by atoms with Gasteiger partial charge in [-0.05, 0) is 19.1 Å². The molecule has 0 fully saturated rings. The first kappa shape index (κ1) is 10.3. The van der Waals surface area contributed by atoms with Crippen LogP contribution in [-0.2, 0) is 0 Å². The molecule has 0 bridgehead atoms. The molecule has 0 saturated heterocycles. The summed E-state index contributed by atoms with van der Waals surface area (Å²) in [4.78, 5) is 11.3. The summed E-state index contributed by atoms with van der Waals surface area (Å²) in [6.07, 6.45) is 0. The second kappa shape index (κ2) is 3.73. The Morgan fingerprint density at radius 2 is 1.69 bits per heavy atom. The molecule has 1 aromatic heterocycles. The number of hydrogen-bond donors (Lipinski definition) is 2. The number of benzene rings is 1. The first-order valence-corrected chi connectivity index (χ1v) is 4.60. The van der Waals surface area contributed by atoms with Gasteiger partial charge in [-0.25, -0.2) is 4.39 Å². The summed E-state index contributed by atoms with van der Waals surface area (Å²) in [7, 11) is 0. The van der Waals surface area contributed by atoms with Gasteiger partial charge < -0.3 is 11.5 Å². The highest BCUT2D eigenvalue weighted by molar-refractivity contribution is 5.59. The molecule has 0 aliphatic heterocycles. The van der Waals surface area contributed by atoms with Crippen molar-refractivity contribution in [2.45, 2.75) is 6.92 Å². The van der Waals surface area contributed by atoms with Gasteiger partial charge in [-0.15, -0.1) is 0 Å². The predicted molar refractivity (Wildman–Crippen MR) is 58.8 cm³/mol. The Labute approximate surface area is 91.4 Å². The number of nitrogen functional groups attached to an aromatic ring is 2. The molecule has 6 heteroatoms. The van der Waals surface area contributed by atoms with Crippen molar-refractivity contribution < 1.29 is 4.39 Å². The zero-order valence-electron chi connectivity index (χ0n) is 8.61. The second-order valence-corrected chi connectivity index (χ2v) is 3.36. The number of anilines is 2. The third-order valence-corrected chi connectivity index (χ3v) is 2.03. The van der Waals surface area contributed by atoms with Gasteiger partial charge in [0.15, 0.2) is 5.82 Å². The SMILES string of the molecule is Cc1ccc(F)c(-c2nc(N)nc(N)n2)c1. The summed E-state index contributed by atoms with van der Waals surface area (Å²) in [5.74, 6) is -0.325. The molecule has 5 nitrogen and oxygen atoms in total. The Kier molecular flexibility index (Phi) is 2.40. The topological polar surface area (TPSA) is 90.7 Å². The van der Waals surface area contributed by atoms with Crippen molar-refractivity contribution in [1.29, 1.82) is 0 Å². The van der Waals surface area contributed by atoms with E-state index in [1.165, 1.54) is 6.07 Å². The third-order valence-electron chi connectivity index (χ3n) is 2.03. The van der Waals surface area contributed by atoms with Gasteiger partial charge in [0.2, 0.25) is 11.9 Å². The van der Waals surface area contributed by atoms with E-state index in [0.717, 1.165) is 5.56 Å². The molecular formula is C10H10FN5. The van der Waals surface area contributed by atoms with Gasteiger partial charge >= 0.3 is 0 Å². The van der Waals surface area contributed by atoms with Crippen molar-refractivity contribution in [3.63, 3.8) is 0 Å². The lowest BCUT2D eigenvalue weighted by Gasteiger charge is -2.04. The Morgan fingerprint density at radius 1 is 1.06 bits per heavy atom. The van der Waals surface area contributed by atoms with Crippen LogP contribution in [-0.4, -0.2) is 15.0 Å². The van der Waals surface area contributed by atoms with E-state index >= 15 is 0 Å². The molecule has 0 aliphatic rings. The smallest absolute Gasteiger partial charge is 0.225 e. The molecule has 1 aromatic carbocycles. The van der Waals surface area contributed by atoms with E-state index in [9.17, 15) is 4.39 Å². The van der Waals surface area contributed by atoms with Crippen LogP contribution in [0.1, 0.15) is 5.56 Å². The van der Waals surface area contributed by atoms with Crippen LogP contribution in [0.5, 0.6) is 0 Å². The Bertz CT molecular complexity index is 520. The van der Waals surface area contributed by atoms with E-state index in [1.54, 1.807) is 12.1 Å². The van der Waals surface area contributed by atoms with Crippen molar-refractivity contribution in [3.8, 4) is 11.4 Å². The fourth-order valence-corrected chi connectivity index (χ4v) is 1.34. The van der Waals surface area contributed by atoms with Crippen LogP contribution >= 0.6 is 0 Å². The molecule has 0 atom stereocenters. The van der Waals surface area contributed by atoms with Crippen molar-refractivity contribution in [1.82, 2.24) is 15.0 Å². The van der Waals surface area contributed by atoms with Crippen LogP contribution in [0.4, 0.5) is 16.3 Å². The molecule has 1 heterocycles. The summed E-state index contributed by atoms with van der Waals surface area (Å²) in [5, 5.41) is 0. The van der Waals surface area contributed by atoms with E-state index in [1.807, 2.05) is 6.92 Å². The van der Waals surface area contributed by atoms with Crippen molar-refractivity contribution in [3.05, 3.63) is 29.6 Å². The first-order valence-electron chi connectivity index (χ1n) is 4.60. The summed E-state index contributed by atoms with van der Waals surface area (Å²) >= 11 is 0. The number of aryl methyl sites for hydroxylation is 1. The van der Waals surface area contributed by atoms with Crippen LogP contribution < -0.4 is 11.5 Å². The van der Waals surface area contributed by atoms with Gasteiger partial charge in [0.05, 0.1) is 5.56 Å². The van der Waals surface area contributed by atoms with Crippen molar-refractivity contribution >= 4 is 11.9 Å². The highest BCUT2D eigenvalue weighted by Crippen LogP contribution is 2.21. The summed E-state index contributed by atoms with van der Waals surface area (Å²) in [5.41, 5.74) is 12.0. The third kappa shape index (κ3) is 1.90. The van der Waals surface area contributed by atoms with Crippen LogP contribution in [0, 0.1) is 12.7 Å². The van der Waals surface area contributed by atoms with E-state index in [-0.39, 0.29) is 23.3 Å². The molecule has 2 rings (SSSR count). The number of aromatic nitrogens is 3. The first-order chi connectivity index (χ1) is 7.56. The minimum Gasteiger partial charge on any atom is -0.368 e. The molecule has 0 radical (unpaired) electrons. The molecule has 2 aromatic rings. The van der Waals surface area contributed by atoms with Crippen molar-refractivity contribution in [2.75, 3.05) is 11.5 Å². The summed E-state index contributed by atoms with van der Waals surface area (Å²) < 4.78 is 13.5. The standard InChI is InChI=1S/C10H10FN5/c1-5-2-3-7(11)6(4-5)8-14-9(12)16-10(13)15-8/h2-4H,1H3,(H4,12,13,14,15,16). The average Bonchev–Trinajstić information content (AvgIpc) is 2.20. The average molecular weight is 219 g/mol. The van der Waals surface area contributed by atoms with Gasteiger partial charge in [-0.2, -0.15) is 15.0 Å². The molecule has 82 valence electrons. The van der Waals surface area contributed by atoms with Gasteiger partial charge in [0, 0.05) is 0 Å². The van der Waals surface area contributed by atoms with Crippen LogP contribution in [0.15, 0.2) is 18.2 Å². The van der Waals surface area contributed by atoms with E-state index in [2.05, 4.69) is 15.0 Å². The lowest BCUT2D eigenvalue weighted by Crippen LogP contribution is -2.05. The molecule has 0 saturated carbocycles. The molecule has 4 N–H and O–H groups in total. The van der Waals surface area contributed by atoms with E-state index in [4.69, 9.17) is 11.5 Å². The van der Waals surface area contributed by atoms with Gasteiger partial charge in [0.1, 0.15) is 5.82 Å². The van der Waals surface area contributed by atoms with E-state index in [0.29, 0.717) is 0 Å². The number of nitrogens with zero attached hydrogens (tertiary/aromatic N) is 3. The van der Waals surface area contributed by atoms with E-state index < -0.39 is 5.82 Å². The Morgan fingerprint density at radius 3 is 2.31 bits per heavy atom. The minimum atomic E-state index is -0.421. The maximum atomic E-state index is 13.5. The van der Waals surface area contributed by atoms with Crippen LogP contribution in [0.3, 0.4) is 0 Å². The number of halogens is 1. The normalized spacial score (nSPS) is 10.4. The molecule has 0 unspecified atom stereocenters. The van der Waals surface area contributed by atoms with Crippen molar-refractivity contribution in [2.24, 2.45) is 0 Å². The minimum absolute atomic E-state index is 0.0246. The van der Waals surface area contributed by atoms with Crippen LogP contribution in [0.2, 0.25) is 0 Å². The largest absolute Gasteiger partial charge is 0.368 e. The predicted octanol–water partition coefficient (Wildman–Crippen LogP) is 1.15. The zero-order valence-corrected chi connectivity index (χ0v) is 8.61. The monoisotopic (exact) mass is 219 g/mol. The highest BCUT2D eigenvalue weighted by Gasteiger charge is 2.10. The fourth-order valence-electron chi connectivity index (χ4n) is 1.34. The quantitative estimate of drug-likeness (QED) is 0.750. The zero-order chi connectivity index (χ0) is 11.7. The molecule has 0 aliphatic carbocycles. The van der Waals surface area contributed by atoms with Gasteiger partial charge in [-0.1, -0.05) is 11.6 Å². The fraction of sp³-hybridized carbons (Fsp3) is 0.100. The molecular weight excluding hydrogens is 209 g/mol. The molecule has 16 heavy (non-hydrogen) atoms. The number of rotatable bonds is 1. The molecule has 0 amide bonds. The maximum Gasteiger partial charge on any atom is 0.225 e. The van der Waals surface area contributed by atoms with Gasteiger partial charge in [-0.3, -0.25) is 0 Å². The summed E-state index contributed by atoms with van der Waals surface area (Å²) in [6, 6.07) is 4.64. The molecule has 0 spiro atoms. The second-order valence-electron chi connectivity index (χ2n) is 3.36. The Hall–Kier alpha value is -2.24. The highest BCUT2D eigenvalue weighted by atomic mass is 19.1. The van der Waals surface area contributed by atoms with Crippen LogP contribution in [0.25, 0.3) is 11.4 Å². The Balaban J connectivity index is 2.62. The maximum absolute atomic E-state index is 13.5. The number of nitrogens with two attached hydrogens (primary N) is 2. The lowest BCUT2D eigenvalue weighted by atomic mass is 10.1. The summed E-state index contributed by atoms with van der Waals surface area (Å²) in [6.45, 7) is 1.84. The van der Waals surface area contributed by atoms with Gasteiger partial charge in [0.25, 0.3) is 0 Å². The number of hydrogen-bond acceptors (Lipinski definition) is 5. The lowest BCUT2D eigenvalue weighted by molar-refractivity contribution is 0.629.